The molecule has 62 heavy (non-hydrogen) atoms. The number of hydrogen-bond acceptors (Lipinski definition) is 10. The van der Waals surface area contributed by atoms with Gasteiger partial charge in [0.1, 0.15) is 7.05 Å². The number of carbonyl (C=O) groups is 3. The number of ketones is 1. The van der Waals surface area contributed by atoms with Crippen molar-refractivity contribution in [1.29, 1.82) is 0 Å². The van der Waals surface area contributed by atoms with E-state index in [1.54, 1.807) is 54.7 Å². The quantitative estimate of drug-likeness (QED) is 0.0895. The van der Waals surface area contributed by atoms with Crippen molar-refractivity contribution in [3.63, 3.8) is 0 Å². The molecule has 4 aromatic carbocycles. The molecule has 0 unspecified atom stereocenters. The van der Waals surface area contributed by atoms with Gasteiger partial charge in [0.2, 0.25) is 0 Å². The number of rotatable bonds is 11. The fourth-order valence-electron chi connectivity index (χ4n) is 6.30. The average molecular weight is 970 g/mol. The smallest absolute Gasteiger partial charge is 0.338 e. The first kappa shape index (κ1) is 50.1. The van der Waals surface area contributed by atoms with Gasteiger partial charge in [-0.15, -0.1) is 0 Å². The number of benzene rings is 4. The molecule has 0 aliphatic carbocycles. The number of Topliss-reactive ketones (excluding diaryl/α,β-unsaturated/α-hetero) is 1. The Bertz CT molecular complexity index is 2790. The van der Waals surface area contributed by atoms with Gasteiger partial charge < -0.3 is 15.7 Å². The van der Waals surface area contributed by atoms with Crippen LogP contribution in [0.15, 0.2) is 88.9 Å². The Morgan fingerprint density at radius 2 is 1.44 bits per heavy atom. The number of nitrogens with two attached hydrogens (primary N) is 1. The van der Waals surface area contributed by atoms with Crippen molar-refractivity contribution in [3.8, 4) is 0 Å². The van der Waals surface area contributed by atoms with Crippen molar-refractivity contribution in [3.05, 3.63) is 138 Å². The Kier molecular flexibility index (Phi) is 17.2. The first-order valence-electron chi connectivity index (χ1n) is 18.6. The van der Waals surface area contributed by atoms with Crippen LogP contribution in [0.2, 0.25) is 20.1 Å². The summed E-state index contributed by atoms with van der Waals surface area (Å²) >= 11 is 24.7. The minimum absolute atomic E-state index is 0.0512. The highest BCUT2D eigenvalue weighted by atomic mass is 35.5. The summed E-state index contributed by atoms with van der Waals surface area (Å²) in [5.74, 6) is -1.92. The minimum atomic E-state index is -3.38. The van der Waals surface area contributed by atoms with Crippen molar-refractivity contribution in [2.75, 3.05) is 26.1 Å². The monoisotopic (exact) mass is 967 g/mol. The second-order valence-corrected chi connectivity index (χ2v) is 20.2. The van der Waals surface area contributed by atoms with Crippen LogP contribution in [-0.2, 0) is 57.3 Å². The standard InChI is InChI=1S/C21H22Cl2N2O4S.C11H7Cl2NO2.C10H15N2O3S/c1-12(26)18(9-13-4-3-5-15(8-13)30(2,28)29)25-21(27)19-17(22)10-14-11-24-7-6-16(14)20(19)23;1-14-3-2-7-6(5-14)4-8(12)9(10(7)13)11(15)16;1-12(13)10(11)7-8-4-3-5-9(6-8)16(2,14)15/h3-5,8,10,18,24H,6-7,9,11H2,1-2H3,(H,25,27);2-5H,1H3;3-6,10H,7,11H2,1-2H3/q;;+1/p+1/t18-;;10-/m0.1/s1. The maximum absolute atomic E-state index is 13.0. The van der Waals surface area contributed by atoms with Gasteiger partial charge in [0.25, 0.3) is 12.1 Å². The van der Waals surface area contributed by atoms with Crippen LogP contribution in [0, 0.1) is 4.91 Å². The van der Waals surface area contributed by atoms with E-state index in [1.807, 2.05) is 17.8 Å². The molecule has 0 saturated heterocycles. The number of hydrogen-bond donors (Lipinski definition) is 4. The fourth-order valence-corrected chi connectivity index (χ4v) is 9.14. The van der Waals surface area contributed by atoms with E-state index >= 15 is 0 Å². The third-order valence-corrected chi connectivity index (χ3v) is 13.3. The van der Waals surface area contributed by atoms with Gasteiger partial charge in [0.05, 0.1) is 53.5 Å². The third-order valence-electron chi connectivity index (χ3n) is 9.63. The summed E-state index contributed by atoms with van der Waals surface area (Å²) in [6.07, 6.45) is 6.39. The van der Waals surface area contributed by atoms with Crippen molar-refractivity contribution < 1.29 is 45.7 Å². The van der Waals surface area contributed by atoms with E-state index in [4.69, 9.17) is 57.2 Å². The zero-order valence-electron chi connectivity index (χ0n) is 34.2. The van der Waals surface area contributed by atoms with Gasteiger partial charge in [-0.25, -0.2) is 26.2 Å². The molecule has 2 heterocycles. The summed E-state index contributed by atoms with van der Waals surface area (Å²) in [5, 5.41) is 17.3. The van der Waals surface area contributed by atoms with E-state index in [9.17, 15) is 36.1 Å². The molecule has 1 aromatic heterocycles. The number of nitrogens with zero attached hydrogens (tertiary/aromatic N) is 2. The van der Waals surface area contributed by atoms with Crippen LogP contribution < -0.4 is 20.9 Å². The van der Waals surface area contributed by atoms with Crippen LogP contribution in [0.4, 0.5) is 0 Å². The number of halogens is 4. The molecule has 2 atom stereocenters. The number of amides is 1. The first-order chi connectivity index (χ1) is 28.9. The number of carboxylic acid groups (broad SMARTS) is 1. The molecule has 1 aliphatic rings. The van der Waals surface area contributed by atoms with Crippen LogP contribution >= 0.6 is 46.4 Å². The number of sulfone groups is 2. The summed E-state index contributed by atoms with van der Waals surface area (Å²) in [6, 6.07) is 17.0. The van der Waals surface area contributed by atoms with Crippen molar-refractivity contribution in [2.45, 2.75) is 54.7 Å². The third kappa shape index (κ3) is 13.3. The number of aryl methyl sites for hydroxylation is 1. The molecule has 0 fully saturated rings. The molecule has 1 amide bonds. The molecule has 6 rings (SSSR count). The number of nitroso groups, excluding NO2 is 1. The normalized spacial score (nSPS) is 13.3. The van der Waals surface area contributed by atoms with Gasteiger partial charge in [-0.3, -0.25) is 15.3 Å². The molecule has 1 aliphatic heterocycles. The number of carbonyl (C=O) groups excluding carboxylic acids is 2. The van der Waals surface area contributed by atoms with E-state index in [0.29, 0.717) is 40.1 Å². The van der Waals surface area contributed by atoms with Crippen molar-refractivity contribution >= 4 is 94.5 Å². The Labute approximate surface area is 379 Å². The Morgan fingerprint density at radius 3 is 1.97 bits per heavy atom. The van der Waals surface area contributed by atoms with Gasteiger partial charge in [0.15, 0.2) is 44.9 Å². The molecular formula is C42H45Cl4N5O9S2+2. The number of fused-ring (bicyclic) bond motifs is 2. The predicted molar refractivity (Wildman–Crippen MR) is 240 cm³/mol. The van der Waals surface area contributed by atoms with E-state index < -0.39 is 43.8 Å². The van der Waals surface area contributed by atoms with Crippen LogP contribution in [0.1, 0.15) is 49.9 Å². The summed E-state index contributed by atoms with van der Waals surface area (Å²) in [7, 11) is -3.39. The SMILES string of the molecule is CC(=O)[C@H](Cc1cccc(S(C)(=O)=O)c1)NC(=O)c1c(Cl)cc2c(c1Cl)CCNC2.C[N+](=O)[C@@H](N)Cc1cccc(S(C)(=O)=O)c1.C[n+]1ccc2c(Cl)c(C(=O)O)c(Cl)cc2c1. The summed E-state index contributed by atoms with van der Waals surface area (Å²) in [5.41, 5.74) is 8.85. The Morgan fingerprint density at radius 1 is 0.871 bits per heavy atom. The highest BCUT2D eigenvalue weighted by molar-refractivity contribution is 7.91. The number of nitrogens with one attached hydrogen (secondary N) is 2. The topological polar surface area (TPSA) is 214 Å². The highest BCUT2D eigenvalue weighted by Gasteiger charge is 2.26. The zero-order chi connectivity index (χ0) is 46.3. The summed E-state index contributed by atoms with van der Waals surface area (Å²) < 4.78 is 48.7. The molecule has 5 aromatic rings. The van der Waals surface area contributed by atoms with Crippen LogP contribution in [0.25, 0.3) is 10.8 Å². The maximum Gasteiger partial charge on any atom is 0.338 e. The first-order valence-corrected chi connectivity index (χ1v) is 23.9. The number of carboxylic acids is 1. The van der Waals surface area contributed by atoms with Gasteiger partial charge in [-0.1, -0.05) is 70.7 Å². The zero-order valence-corrected chi connectivity index (χ0v) is 38.9. The second-order valence-electron chi connectivity index (χ2n) is 14.6. The Balaban J connectivity index is 0.000000223. The van der Waals surface area contributed by atoms with Gasteiger partial charge in [0, 0.05) is 45.6 Å². The molecular weight excluding hydrogens is 924 g/mol. The summed E-state index contributed by atoms with van der Waals surface area (Å²) in [4.78, 5) is 47.4. The fraction of sp³-hybridized carbons (Fsp3) is 0.286. The van der Waals surface area contributed by atoms with E-state index in [-0.39, 0.29) is 48.2 Å². The molecule has 0 radical (unpaired) electrons. The average Bonchev–Trinajstić information content (AvgIpc) is 3.17. The lowest BCUT2D eigenvalue weighted by molar-refractivity contribution is -0.670. The lowest BCUT2D eigenvalue weighted by atomic mass is 9.97. The van der Waals surface area contributed by atoms with Crippen LogP contribution in [0.5, 0.6) is 0 Å². The second kappa shape index (κ2) is 21.2. The van der Waals surface area contributed by atoms with Crippen LogP contribution in [-0.4, -0.2) is 82.7 Å². The van der Waals surface area contributed by atoms with Gasteiger partial charge in [-0.2, -0.15) is 0 Å². The Hall–Kier alpha value is -4.52. The molecule has 5 N–H and O–H groups in total. The maximum atomic E-state index is 13.0. The summed E-state index contributed by atoms with van der Waals surface area (Å²) in [6.45, 7) is 2.75. The highest BCUT2D eigenvalue weighted by Crippen LogP contribution is 2.34. The molecule has 14 nitrogen and oxygen atoms in total. The van der Waals surface area contributed by atoms with Gasteiger partial charge in [-0.05, 0) is 85.0 Å². The van der Waals surface area contributed by atoms with E-state index in [1.165, 1.54) is 32.2 Å². The molecule has 0 bridgehead atoms. The van der Waals surface area contributed by atoms with Gasteiger partial charge >= 0.3 is 5.97 Å². The molecule has 0 spiro atoms. The van der Waals surface area contributed by atoms with E-state index in [0.717, 1.165) is 41.1 Å². The lowest BCUT2D eigenvalue weighted by Crippen LogP contribution is -2.41. The number of aromatic carboxylic acids is 1. The number of likely N-dealkylation sites (N-methyl/N-ethyl adjacent to an activating group) is 1. The largest absolute Gasteiger partial charge is 0.478 e. The molecule has 20 heteroatoms. The predicted octanol–water partition coefficient (Wildman–Crippen LogP) is 5.97. The number of aromatic nitrogens is 1. The number of pyridine rings is 1. The lowest BCUT2D eigenvalue weighted by Gasteiger charge is -2.22. The molecule has 0 saturated carbocycles. The van der Waals surface area contributed by atoms with Crippen molar-refractivity contribution in [2.24, 2.45) is 12.8 Å². The molecule has 330 valence electrons. The minimum Gasteiger partial charge on any atom is -0.478 e. The van der Waals surface area contributed by atoms with Crippen LogP contribution in [0.3, 0.4) is 0 Å². The van der Waals surface area contributed by atoms with Crippen molar-refractivity contribution in [1.82, 2.24) is 10.6 Å². The van der Waals surface area contributed by atoms with E-state index in [2.05, 4.69) is 10.6 Å².